The largest absolute Gasteiger partial charge is 0.380 e. The van der Waals surface area contributed by atoms with Crippen molar-refractivity contribution in [2.24, 2.45) is 0 Å². The van der Waals surface area contributed by atoms with Crippen molar-refractivity contribution in [3.05, 3.63) is 6.33 Å². The van der Waals surface area contributed by atoms with Crippen LogP contribution in [0.15, 0.2) is 6.33 Å². The van der Waals surface area contributed by atoms with Gasteiger partial charge in [0.15, 0.2) is 0 Å². The molecule has 0 unspecified atom stereocenters. The first-order chi connectivity index (χ1) is 10.3. The Labute approximate surface area is 124 Å². The van der Waals surface area contributed by atoms with Crippen LogP contribution in [0.5, 0.6) is 0 Å². The first kappa shape index (κ1) is 14.3. The minimum atomic E-state index is -0.143. The molecule has 2 heterocycles. The van der Waals surface area contributed by atoms with Crippen molar-refractivity contribution >= 4 is 12.0 Å². The Hall–Kier alpha value is -1.63. The molecule has 1 atom stereocenters. The van der Waals surface area contributed by atoms with E-state index in [4.69, 9.17) is 4.74 Å². The zero-order valence-electron chi connectivity index (χ0n) is 12.5. The zero-order chi connectivity index (χ0) is 14.7. The second-order valence-corrected chi connectivity index (χ2v) is 5.86. The maximum atomic E-state index is 12.1. The van der Waals surface area contributed by atoms with Gasteiger partial charge in [0.2, 0.25) is 5.95 Å². The average molecular weight is 293 g/mol. The van der Waals surface area contributed by atoms with Gasteiger partial charge in [-0.25, -0.2) is 14.5 Å². The van der Waals surface area contributed by atoms with E-state index in [9.17, 15) is 4.79 Å². The van der Waals surface area contributed by atoms with E-state index >= 15 is 0 Å². The molecule has 0 aromatic carbocycles. The van der Waals surface area contributed by atoms with Crippen molar-refractivity contribution in [2.45, 2.75) is 50.7 Å². The Bertz CT molecular complexity index is 483. The molecule has 1 aliphatic carbocycles. The Balaban J connectivity index is 1.55. The molecule has 3 rings (SSSR count). The van der Waals surface area contributed by atoms with Gasteiger partial charge in [-0.05, 0) is 19.3 Å². The molecule has 1 saturated carbocycles. The quantitative estimate of drug-likeness (QED) is 0.925. The minimum Gasteiger partial charge on any atom is -0.380 e. The summed E-state index contributed by atoms with van der Waals surface area (Å²) in [7, 11) is 1.68. The first-order valence-electron chi connectivity index (χ1n) is 7.76. The highest BCUT2D eigenvalue weighted by molar-refractivity contribution is 5.87. The van der Waals surface area contributed by atoms with Crippen LogP contribution in [0.2, 0.25) is 0 Å². The van der Waals surface area contributed by atoms with Gasteiger partial charge in [-0.1, -0.05) is 19.3 Å². The summed E-state index contributed by atoms with van der Waals surface area (Å²) in [4.78, 5) is 18.1. The van der Waals surface area contributed by atoms with Gasteiger partial charge in [-0.2, -0.15) is 0 Å². The molecule has 0 spiro atoms. The number of nitrogens with zero attached hydrogens (tertiary/aromatic N) is 4. The monoisotopic (exact) mass is 293 g/mol. The summed E-state index contributed by atoms with van der Waals surface area (Å²) in [5.74, 6) is 0.395. The van der Waals surface area contributed by atoms with E-state index in [1.54, 1.807) is 18.3 Å². The van der Waals surface area contributed by atoms with Crippen molar-refractivity contribution in [2.75, 3.05) is 25.5 Å². The van der Waals surface area contributed by atoms with Crippen molar-refractivity contribution in [1.29, 1.82) is 0 Å². The van der Waals surface area contributed by atoms with E-state index in [0.29, 0.717) is 25.1 Å². The van der Waals surface area contributed by atoms with E-state index in [1.165, 1.54) is 19.3 Å². The Morgan fingerprint density at radius 3 is 2.86 bits per heavy atom. The van der Waals surface area contributed by atoms with Gasteiger partial charge < -0.3 is 9.64 Å². The number of rotatable bonds is 3. The molecule has 21 heavy (non-hydrogen) atoms. The van der Waals surface area contributed by atoms with Crippen molar-refractivity contribution in [3.63, 3.8) is 0 Å². The Kier molecular flexibility index (Phi) is 4.38. The molecule has 7 nitrogen and oxygen atoms in total. The fourth-order valence-corrected chi connectivity index (χ4v) is 3.13. The SMILES string of the molecule is CO[C@H]1CCN(C(=O)Nc2ncn(C3CCCCC3)n2)C1. The molecule has 1 aliphatic heterocycles. The van der Waals surface area contributed by atoms with Crippen LogP contribution < -0.4 is 5.32 Å². The smallest absolute Gasteiger partial charge is 0.324 e. The number of nitrogens with one attached hydrogen (secondary N) is 1. The summed E-state index contributed by atoms with van der Waals surface area (Å²) < 4.78 is 7.17. The van der Waals surface area contributed by atoms with Gasteiger partial charge in [-0.15, -0.1) is 5.10 Å². The lowest BCUT2D eigenvalue weighted by atomic mass is 9.96. The molecule has 2 aliphatic rings. The van der Waals surface area contributed by atoms with Gasteiger partial charge in [-0.3, -0.25) is 5.32 Å². The number of amides is 2. The number of anilines is 1. The maximum absolute atomic E-state index is 12.1. The lowest BCUT2D eigenvalue weighted by Gasteiger charge is -2.21. The van der Waals surface area contributed by atoms with Crippen LogP contribution in [0.4, 0.5) is 10.7 Å². The maximum Gasteiger partial charge on any atom is 0.324 e. The molecular formula is C14H23N5O2. The number of hydrogen-bond acceptors (Lipinski definition) is 4. The summed E-state index contributed by atoms with van der Waals surface area (Å²) in [5.41, 5.74) is 0. The predicted molar refractivity (Wildman–Crippen MR) is 78.1 cm³/mol. The van der Waals surface area contributed by atoms with Crippen LogP contribution in [-0.4, -0.2) is 52.0 Å². The summed E-state index contributed by atoms with van der Waals surface area (Å²) in [5, 5.41) is 7.18. The molecule has 0 radical (unpaired) electrons. The summed E-state index contributed by atoms with van der Waals surface area (Å²) in [6.07, 6.45) is 8.86. The molecule has 1 N–H and O–H groups in total. The number of urea groups is 1. The third kappa shape index (κ3) is 3.34. The molecule has 7 heteroatoms. The Morgan fingerprint density at radius 2 is 2.14 bits per heavy atom. The number of carbonyl (C=O) groups excluding carboxylic acids is 1. The van der Waals surface area contributed by atoms with Crippen molar-refractivity contribution in [3.8, 4) is 0 Å². The lowest BCUT2D eigenvalue weighted by molar-refractivity contribution is 0.111. The van der Waals surface area contributed by atoms with Gasteiger partial charge in [0, 0.05) is 20.2 Å². The van der Waals surface area contributed by atoms with Crippen LogP contribution in [0.25, 0.3) is 0 Å². The molecule has 2 amide bonds. The standard InChI is InChI=1S/C14H23N5O2/c1-21-12-7-8-18(9-12)14(20)16-13-15-10-19(17-13)11-5-3-2-4-6-11/h10-12H,2-9H2,1H3,(H,16,17,20)/t12-/m0/s1. The van der Waals surface area contributed by atoms with E-state index in [-0.39, 0.29) is 12.1 Å². The van der Waals surface area contributed by atoms with Crippen LogP contribution >= 0.6 is 0 Å². The number of likely N-dealkylation sites (tertiary alicyclic amines) is 1. The minimum absolute atomic E-state index is 0.142. The lowest BCUT2D eigenvalue weighted by Crippen LogP contribution is -2.34. The van der Waals surface area contributed by atoms with Crippen LogP contribution in [0.1, 0.15) is 44.6 Å². The zero-order valence-corrected chi connectivity index (χ0v) is 12.5. The highest BCUT2D eigenvalue weighted by atomic mass is 16.5. The predicted octanol–water partition coefficient (Wildman–Crippen LogP) is 2.04. The Morgan fingerprint density at radius 1 is 1.33 bits per heavy atom. The number of carbonyl (C=O) groups is 1. The fourth-order valence-electron chi connectivity index (χ4n) is 3.13. The number of aromatic nitrogens is 3. The second-order valence-electron chi connectivity index (χ2n) is 5.86. The molecule has 0 bridgehead atoms. The average Bonchev–Trinajstić information content (AvgIpc) is 3.17. The fraction of sp³-hybridized carbons (Fsp3) is 0.786. The number of ether oxygens (including phenoxy) is 1. The van der Waals surface area contributed by atoms with E-state index < -0.39 is 0 Å². The topological polar surface area (TPSA) is 72.3 Å². The van der Waals surface area contributed by atoms with Gasteiger partial charge in [0.25, 0.3) is 0 Å². The van der Waals surface area contributed by atoms with E-state index in [1.807, 2.05) is 4.68 Å². The van der Waals surface area contributed by atoms with Crippen LogP contribution in [-0.2, 0) is 4.74 Å². The third-order valence-corrected chi connectivity index (χ3v) is 4.44. The van der Waals surface area contributed by atoms with Crippen molar-refractivity contribution in [1.82, 2.24) is 19.7 Å². The first-order valence-corrected chi connectivity index (χ1v) is 7.76. The summed E-state index contributed by atoms with van der Waals surface area (Å²) in [6, 6.07) is 0.289. The third-order valence-electron chi connectivity index (χ3n) is 4.44. The second kappa shape index (κ2) is 6.43. The van der Waals surface area contributed by atoms with Crippen LogP contribution in [0.3, 0.4) is 0 Å². The highest BCUT2D eigenvalue weighted by Gasteiger charge is 2.26. The molecule has 1 aromatic rings. The van der Waals surface area contributed by atoms with Gasteiger partial charge in [0.05, 0.1) is 12.1 Å². The van der Waals surface area contributed by atoms with Gasteiger partial charge >= 0.3 is 6.03 Å². The molecular weight excluding hydrogens is 270 g/mol. The highest BCUT2D eigenvalue weighted by Crippen LogP contribution is 2.27. The van der Waals surface area contributed by atoms with Crippen LogP contribution in [0, 0.1) is 0 Å². The van der Waals surface area contributed by atoms with Crippen molar-refractivity contribution < 1.29 is 9.53 Å². The normalized spacial score (nSPS) is 23.5. The molecule has 116 valence electrons. The number of methoxy groups -OCH3 is 1. The number of hydrogen-bond donors (Lipinski definition) is 1. The summed E-state index contributed by atoms with van der Waals surface area (Å²) in [6.45, 7) is 1.35. The van der Waals surface area contributed by atoms with Gasteiger partial charge in [0.1, 0.15) is 6.33 Å². The van der Waals surface area contributed by atoms with E-state index in [2.05, 4.69) is 15.4 Å². The summed E-state index contributed by atoms with van der Waals surface area (Å²) >= 11 is 0. The van der Waals surface area contributed by atoms with E-state index in [0.717, 1.165) is 19.3 Å². The molecule has 2 fully saturated rings. The molecule has 1 saturated heterocycles. The molecule has 1 aromatic heterocycles.